The lowest BCUT2D eigenvalue weighted by molar-refractivity contribution is 0.0997. The molecule has 0 fully saturated rings. The Balaban J connectivity index is 2.23. The van der Waals surface area contributed by atoms with Crippen molar-refractivity contribution in [1.29, 1.82) is 0 Å². The van der Waals surface area contributed by atoms with Gasteiger partial charge in [-0.1, -0.05) is 0 Å². The van der Waals surface area contributed by atoms with Gasteiger partial charge < -0.3 is 10.6 Å². The zero-order valence-corrected chi connectivity index (χ0v) is 10.6. The summed E-state index contributed by atoms with van der Waals surface area (Å²) in [6, 6.07) is 11.1. The molecule has 1 amide bonds. The van der Waals surface area contributed by atoms with E-state index in [0.29, 0.717) is 5.69 Å². The molecule has 0 spiro atoms. The van der Waals surface area contributed by atoms with Crippen molar-refractivity contribution < 1.29 is 4.79 Å². The number of nitrogens with two attached hydrogens (primary N) is 1. The van der Waals surface area contributed by atoms with Crippen LogP contribution in [-0.4, -0.2) is 13.0 Å². The standard InChI is InChI=1S/C13H14N2OS/c1-9-3-8-12(17-9)13(16)15(2)11-6-4-10(14)5-7-11/h3-8H,14H2,1-2H3. The SMILES string of the molecule is Cc1ccc(C(=O)N(C)c2ccc(N)cc2)s1. The first-order valence-electron chi connectivity index (χ1n) is 5.28. The van der Waals surface area contributed by atoms with Crippen molar-refractivity contribution in [3.63, 3.8) is 0 Å². The van der Waals surface area contributed by atoms with Gasteiger partial charge in [0.15, 0.2) is 0 Å². The first-order chi connectivity index (χ1) is 8.08. The number of carbonyl (C=O) groups excluding carboxylic acids is 1. The Morgan fingerprint density at radius 1 is 1.18 bits per heavy atom. The molecule has 88 valence electrons. The minimum absolute atomic E-state index is 0.00729. The van der Waals surface area contributed by atoms with Crippen molar-refractivity contribution in [1.82, 2.24) is 0 Å². The Hall–Kier alpha value is -1.81. The van der Waals surface area contributed by atoms with Gasteiger partial charge in [0.25, 0.3) is 5.91 Å². The molecule has 0 atom stereocenters. The van der Waals surface area contributed by atoms with E-state index in [4.69, 9.17) is 5.73 Å². The molecule has 0 bridgehead atoms. The second kappa shape index (κ2) is 4.59. The van der Waals surface area contributed by atoms with Crippen LogP contribution in [0.4, 0.5) is 11.4 Å². The highest BCUT2D eigenvalue weighted by Crippen LogP contribution is 2.21. The average Bonchev–Trinajstić information content (AvgIpc) is 2.75. The van der Waals surface area contributed by atoms with Crippen LogP contribution in [0.5, 0.6) is 0 Å². The predicted octanol–water partition coefficient (Wildman–Crippen LogP) is 2.92. The summed E-state index contributed by atoms with van der Waals surface area (Å²) in [6.45, 7) is 1.99. The fourth-order valence-electron chi connectivity index (χ4n) is 1.53. The maximum Gasteiger partial charge on any atom is 0.268 e. The molecule has 2 rings (SSSR count). The third-order valence-corrected chi connectivity index (χ3v) is 3.52. The van der Waals surface area contributed by atoms with Gasteiger partial charge in [0.1, 0.15) is 0 Å². The molecule has 1 aromatic heterocycles. The molecule has 0 aliphatic rings. The zero-order chi connectivity index (χ0) is 12.4. The van der Waals surface area contributed by atoms with Crippen molar-refractivity contribution in [2.24, 2.45) is 0 Å². The van der Waals surface area contributed by atoms with E-state index >= 15 is 0 Å². The summed E-state index contributed by atoms with van der Waals surface area (Å²) in [6.07, 6.45) is 0. The minimum atomic E-state index is 0.00729. The molecular formula is C13H14N2OS. The number of carbonyl (C=O) groups is 1. The molecule has 0 aliphatic carbocycles. The van der Waals surface area contributed by atoms with Crippen molar-refractivity contribution in [2.45, 2.75) is 6.92 Å². The van der Waals surface area contributed by atoms with E-state index in [9.17, 15) is 4.79 Å². The van der Waals surface area contributed by atoms with Gasteiger partial charge in [-0.25, -0.2) is 0 Å². The zero-order valence-electron chi connectivity index (χ0n) is 9.81. The predicted molar refractivity (Wildman–Crippen MR) is 72.6 cm³/mol. The molecule has 0 saturated carbocycles. The van der Waals surface area contributed by atoms with Crippen LogP contribution in [0.15, 0.2) is 36.4 Å². The Labute approximate surface area is 104 Å². The summed E-state index contributed by atoms with van der Waals surface area (Å²) >= 11 is 1.51. The van der Waals surface area contributed by atoms with Gasteiger partial charge in [0, 0.05) is 23.3 Å². The van der Waals surface area contributed by atoms with Gasteiger partial charge >= 0.3 is 0 Å². The van der Waals surface area contributed by atoms with Crippen LogP contribution in [0.3, 0.4) is 0 Å². The Kier molecular flexibility index (Phi) is 3.15. The highest BCUT2D eigenvalue weighted by molar-refractivity contribution is 7.14. The molecule has 0 radical (unpaired) electrons. The topological polar surface area (TPSA) is 46.3 Å². The lowest BCUT2D eigenvalue weighted by Gasteiger charge is -2.16. The molecule has 0 unspecified atom stereocenters. The third-order valence-electron chi connectivity index (χ3n) is 2.54. The fourth-order valence-corrected chi connectivity index (χ4v) is 2.37. The Morgan fingerprint density at radius 3 is 2.35 bits per heavy atom. The van der Waals surface area contributed by atoms with Gasteiger partial charge in [-0.3, -0.25) is 4.79 Å². The summed E-state index contributed by atoms with van der Waals surface area (Å²) in [5.74, 6) is 0.00729. The van der Waals surface area contributed by atoms with Crippen LogP contribution in [0.2, 0.25) is 0 Å². The number of nitrogen functional groups attached to an aromatic ring is 1. The second-order valence-electron chi connectivity index (χ2n) is 3.87. The maximum absolute atomic E-state index is 12.1. The van der Waals surface area contributed by atoms with Crippen molar-refractivity contribution in [3.05, 3.63) is 46.2 Å². The van der Waals surface area contributed by atoms with Gasteiger partial charge in [0.05, 0.1) is 4.88 Å². The van der Waals surface area contributed by atoms with Crippen LogP contribution in [0.1, 0.15) is 14.5 Å². The summed E-state index contributed by atoms with van der Waals surface area (Å²) in [5.41, 5.74) is 7.15. The van der Waals surface area contributed by atoms with E-state index in [2.05, 4.69) is 0 Å². The number of rotatable bonds is 2. The first-order valence-corrected chi connectivity index (χ1v) is 6.09. The van der Waals surface area contributed by atoms with E-state index in [-0.39, 0.29) is 5.91 Å². The monoisotopic (exact) mass is 246 g/mol. The summed E-state index contributed by atoms with van der Waals surface area (Å²) in [7, 11) is 1.77. The summed E-state index contributed by atoms with van der Waals surface area (Å²) in [4.78, 5) is 15.7. The summed E-state index contributed by atoms with van der Waals surface area (Å²) < 4.78 is 0. The molecule has 0 aliphatic heterocycles. The number of hydrogen-bond donors (Lipinski definition) is 1. The van der Waals surface area contributed by atoms with Crippen LogP contribution < -0.4 is 10.6 Å². The molecule has 2 aromatic rings. The minimum Gasteiger partial charge on any atom is -0.399 e. The third kappa shape index (κ3) is 2.47. The number of thiophene rings is 1. The largest absolute Gasteiger partial charge is 0.399 e. The number of benzene rings is 1. The average molecular weight is 246 g/mol. The lowest BCUT2D eigenvalue weighted by Crippen LogP contribution is -2.25. The van der Waals surface area contributed by atoms with Crippen LogP contribution in [0, 0.1) is 6.92 Å². The number of amides is 1. The Morgan fingerprint density at radius 2 is 1.82 bits per heavy atom. The van der Waals surface area contributed by atoms with E-state index in [1.807, 2.05) is 31.2 Å². The lowest BCUT2D eigenvalue weighted by atomic mass is 10.2. The Bertz CT molecular complexity index is 531. The molecule has 2 N–H and O–H groups in total. The molecule has 1 heterocycles. The number of aryl methyl sites for hydroxylation is 1. The van der Waals surface area contributed by atoms with E-state index in [1.54, 1.807) is 24.1 Å². The quantitative estimate of drug-likeness (QED) is 0.828. The van der Waals surface area contributed by atoms with Crippen molar-refractivity contribution >= 4 is 28.6 Å². The molecule has 4 heteroatoms. The molecular weight excluding hydrogens is 232 g/mol. The van der Waals surface area contributed by atoms with E-state index in [1.165, 1.54) is 11.3 Å². The highest BCUT2D eigenvalue weighted by atomic mass is 32.1. The molecule has 3 nitrogen and oxygen atoms in total. The second-order valence-corrected chi connectivity index (χ2v) is 5.15. The first kappa shape index (κ1) is 11.7. The molecule has 0 saturated heterocycles. The summed E-state index contributed by atoms with van der Waals surface area (Å²) in [5, 5.41) is 0. The van der Waals surface area contributed by atoms with E-state index in [0.717, 1.165) is 15.4 Å². The van der Waals surface area contributed by atoms with Crippen LogP contribution in [-0.2, 0) is 0 Å². The normalized spacial score (nSPS) is 10.2. The number of nitrogens with zero attached hydrogens (tertiary/aromatic N) is 1. The van der Waals surface area contributed by atoms with Crippen LogP contribution in [0.25, 0.3) is 0 Å². The van der Waals surface area contributed by atoms with Gasteiger partial charge in [-0.2, -0.15) is 0 Å². The smallest absolute Gasteiger partial charge is 0.268 e. The molecule has 17 heavy (non-hydrogen) atoms. The molecule has 1 aromatic carbocycles. The number of hydrogen-bond acceptors (Lipinski definition) is 3. The van der Waals surface area contributed by atoms with Crippen LogP contribution >= 0.6 is 11.3 Å². The van der Waals surface area contributed by atoms with E-state index < -0.39 is 0 Å². The van der Waals surface area contributed by atoms with Gasteiger partial charge in [-0.05, 0) is 43.3 Å². The van der Waals surface area contributed by atoms with Gasteiger partial charge in [0.2, 0.25) is 0 Å². The van der Waals surface area contributed by atoms with Crippen molar-refractivity contribution in [2.75, 3.05) is 17.7 Å². The van der Waals surface area contributed by atoms with Gasteiger partial charge in [-0.15, -0.1) is 11.3 Å². The number of anilines is 2. The maximum atomic E-state index is 12.1. The van der Waals surface area contributed by atoms with Crippen molar-refractivity contribution in [3.8, 4) is 0 Å². The fraction of sp³-hybridized carbons (Fsp3) is 0.154. The highest BCUT2D eigenvalue weighted by Gasteiger charge is 2.14.